The normalized spacial score (nSPS) is 11.8. The average Bonchev–Trinajstić information content (AvgIpc) is 3.66. The quantitative estimate of drug-likeness (QED) is 0.123. The van der Waals surface area contributed by atoms with Gasteiger partial charge >= 0.3 is 26.2 Å². The zero-order valence-corrected chi connectivity index (χ0v) is 42.5. The van der Waals surface area contributed by atoms with Crippen LogP contribution in [0.15, 0.2) is 97.1 Å². The summed E-state index contributed by atoms with van der Waals surface area (Å²) in [7, 11) is 1.08. The fourth-order valence-corrected chi connectivity index (χ4v) is 6.78. The van der Waals surface area contributed by atoms with Crippen LogP contribution < -0.4 is 24.8 Å². The van der Waals surface area contributed by atoms with Crippen molar-refractivity contribution < 1.29 is 51.0 Å². The molecule has 0 spiro atoms. The van der Waals surface area contributed by atoms with Gasteiger partial charge in [-0.25, -0.2) is 0 Å². The van der Waals surface area contributed by atoms with E-state index in [1.807, 2.05) is 0 Å². The molecule has 0 aromatic heterocycles. The van der Waals surface area contributed by atoms with Gasteiger partial charge in [-0.3, -0.25) is 0 Å². The minimum absolute atomic E-state index is 0. The molecule has 4 heteroatoms. The molecule has 0 heterocycles. The molecule has 0 aliphatic rings. The van der Waals surface area contributed by atoms with Crippen LogP contribution in [-0.4, -0.2) is 9.52 Å². The van der Waals surface area contributed by atoms with Crippen LogP contribution in [0.25, 0.3) is 43.8 Å². The fraction of sp³-hybridized carbons (Fsp3) is 0.423. The number of aryl methyl sites for hydroxylation is 1. The van der Waals surface area contributed by atoms with Crippen LogP contribution in [0, 0.1) is 6.92 Å². The molecule has 0 amide bonds. The van der Waals surface area contributed by atoms with Gasteiger partial charge in [0.15, 0.2) is 0 Å². The van der Waals surface area contributed by atoms with Crippen molar-refractivity contribution >= 4 is 31.1 Å². The Labute approximate surface area is 376 Å². The van der Waals surface area contributed by atoms with Crippen LogP contribution in [0.3, 0.4) is 0 Å². The molecule has 0 saturated heterocycles. The van der Waals surface area contributed by atoms with Gasteiger partial charge in [0.1, 0.15) is 0 Å². The van der Waals surface area contributed by atoms with Crippen molar-refractivity contribution in [1.29, 1.82) is 0 Å². The minimum atomic E-state index is 0. The van der Waals surface area contributed by atoms with Gasteiger partial charge in [0.05, 0.1) is 0 Å². The molecule has 0 N–H and O–H groups in total. The zero-order valence-electron chi connectivity index (χ0n) is 37.6. The van der Waals surface area contributed by atoms with E-state index in [1.54, 1.807) is 0 Å². The Balaban J connectivity index is 0.000000499. The Morgan fingerprint density at radius 2 is 0.804 bits per heavy atom. The molecule has 6 aromatic carbocycles. The van der Waals surface area contributed by atoms with Crippen LogP contribution in [0.4, 0.5) is 0 Å². The largest absolute Gasteiger partial charge is 4.00 e. The molecule has 2 radical (unpaired) electrons. The van der Waals surface area contributed by atoms with Crippen molar-refractivity contribution in [2.45, 2.75) is 145 Å². The van der Waals surface area contributed by atoms with Gasteiger partial charge in [-0.2, -0.15) is 12.1 Å². The smallest absolute Gasteiger partial charge is 1.00 e. The first-order chi connectivity index (χ1) is 24.4. The Hall–Kier alpha value is -2.22. The molecule has 298 valence electrons. The number of fused-ring (bicyclic) bond motifs is 2. The SMILES string of the molecule is CC(C)c1cc2c(-c3cc(C(C)(C)C)cc(C(C)(C)C)c3)cccc2[cH-]1.C[Si]C.Cc1cc2c(-c3cc(C(C)(C)C)cc(C(C)(C)C)c3)cccc2[cH-]1.[Cl-].[Cl-].[Zr+4]. The minimum Gasteiger partial charge on any atom is -1.00 e. The number of benzene rings is 4. The molecular weight excluding hydrogens is 815 g/mol. The van der Waals surface area contributed by atoms with Gasteiger partial charge in [0.25, 0.3) is 0 Å². The second kappa shape index (κ2) is 20.2. The van der Waals surface area contributed by atoms with Crippen LogP contribution in [-0.2, 0) is 47.9 Å². The monoisotopic (exact) mass is 880 g/mol. The number of hydrogen-bond acceptors (Lipinski definition) is 0. The molecule has 6 aromatic rings. The second-order valence-electron chi connectivity index (χ2n) is 19.7. The van der Waals surface area contributed by atoms with Crippen molar-refractivity contribution in [3.63, 3.8) is 0 Å². The van der Waals surface area contributed by atoms with E-state index in [0.717, 1.165) is 9.52 Å². The molecule has 56 heavy (non-hydrogen) atoms. The molecule has 6 rings (SSSR count). The van der Waals surface area contributed by atoms with Crippen LogP contribution in [0.5, 0.6) is 0 Å². The Morgan fingerprint density at radius 3 is 1.12 bits per heavy atom. The van der Waals surface area contributed by atoms with Gasteiger partial charge in [0.2, 0.25) is 0 Å². The zero-order chi connectivity index (χ0) is 39.7. The molecule has 0 bridgehead atoms. The summed E-state index contributed by atoms with van der Waals surface area (Å²) in [6, 6.07) is 37.0. The summed E-state index contributed by atoms with van der Waals surface area (Å²) < 4.78 is 0. The third-order valence-electron chi connectivity index (χ3n) is 10.3. The van der Waals surface area contributed by atoms with Crippen molar-refractivity contribution in [1.82, 2.24) is 0 Å². The molecule has 0 nitrogen and oxygen atoms in total. The second-order valence-corrected chi connectivity index (χ2v) is 20.7. The Kier molecular flexibility index (Phi) is 18.6. The van der Waals surface area contributed by atoms with E-state index in [-0.39, 0.29) is 72.7 Å². The van der Waals surface area contributed by atoms with Crippen molar-refractivity contribution in [3.05, 3.63) is 130 Å². The number of halogens is 2. The first-order valence-corrected chi connectivity index (χ1v) is 21.7. The van der Waals surface area contributed by atoms with Gasteiger partial charge in [-0.05, 0) is 61.0 Å². The Bertz CT molecular complexity index is 2090. The summed E-state index contributed by atoms with van der Waals surface area (Å²) in [6.07, 6.45) is 0. The van der Waals surface area contributed by atoms with Crippen molar-refractivity contribution in [3.8, 4) is 22.3 Å². The topological polar surface area (TPSA) is 0 Å². The van der Waals surface area contributed by atoms with Crippen LogP contribution in [0.2, 0.25) is 13.1 Å². The summed E-state index contributed by atoms with van der Waals surface area (Å²) in [6.45, 7) is 38.6. The average molecular weight is 883 g/mol. The van der Waals surface area contributed by atoms with E-state index in [9.17, 15) is 0 Å². The summed E-state index contributed by atoms with van der Waals surface area (Å²) in [5.41, 5.74) is 14.3. The van der Waals surface area contributed by atoms with Crippen molar-refractivity contribution in [2.75, 3.05) is 0 Å². The standard InChI is InChI=1S/C26H33.C24H29.C2H6Si.2ClH.Zr/c1-17(2)19-12-18-10-9-11-23(24(18)15-19)20-13-21(25(3,4)5)16-22(14-20)26(6,7)8;1-16-11-17-9-8-10-21(22(17)12-16)18-13-19(23(2,3)4)15-20(14-18)24(5,6)7;1-3-2;;;/h9-17H,1-8H3;8-15H,1-7H3;1-2H3;2*1H;/q2*-1;;;;+4/p-2. The van der Waals surface area contributed by atoms with E-state index < -0.39 is 0 Å². The maximum Gasteiger partial charge on any atom is 4.00 e. The molecule has 0 fully saturated rings. The van der Waals surface area contributed by atoms with Gasteiger partial charge in [-0.1, -0.05) is 177 Å². The predicted octanol–water partition coefficient (Wildman–Crippen LogP) is 9.87. The summed E-state index contributed by atoms with van der Waals surface area (Å²) in [5.74, 6) is 0.557. The van der Waals surface area contributed by atoms with Gasteiger partial charge in [0, 0.05) is 9.52 Å². The third-order valence-corrected chi connectivity index (χ3v) is 10.3. The maximum absolute atomic E-state index is 2.40. The van der Waals surface area contributed by atoms with E-state index in [0.29, 0.717) is 5.92 Å². The first-order valence-electron chi connectivity index (χ1n) is 19.7. The van der Waals surface area contributed by atoms with Gasteiger partial charge < -0.3 is 24.8 Å². The molecular formula is C52H68Cl2SiZr. The number of hydrogen-bond donors (Lipinski definition) is 0. The summed E-state index contributed by atoms with van der Waals surface area (Å²) >= 11 is 0. The maximum atomic E-state index is 2.40. The van der Waals surface area contributed by atoms with E-state index in [4.69, 9.17) is 0 Å². The first kappa shape index (κ1) is 51.8. The molecule has 0 aliphatic carbocycles. The number of rotatable bonds is 3. The van der Waals surface area contributed by atoms with E-state index in [1.165, 1.54) is 77.2 Å². The predicted molar refractivity (Wildman–Crippen MR) is 241 cm³/mol. The fourth-order valence-electron chi connectivity index (χ4n) is 6.78. The molecule has 0 unspecified atom stereocenters. The summed E-state index contributed by atoms with van der Waals surface area (Å²) in [4.78, 5) is 0. The van der Waals surface area contributed by atoms with Crippen LogP contribution >= 0.6 is 0 Å². The molecule has 0 atom stereocenters. The summed E-state index contributed by atoms with van der Waals surface area (Å²) in [5, 5.41) is 5.43. The molecule has 0 saturated carbocycles. The molecule has 0 aliphatic heterocycles. The van der Waals surface area contributed by atoms with E-state index in [2.05, 4.69) is 214 Å². The van der Waals surface area contributed by atoms with Crippen molar-refractivity contribution in [2.24, 2.45) is 0 Å². The van der Waals surface area contributed by atoms with E-state index >= 15 is 0 Å². The van der Waals surface area contributed by atoms with Gasteiger partial charge in [-0.15, -0.1) is 69.1 Å². The third kappa shape index (κ3) is 12.9. The Morgan fingerprint density at radius 1 is 0.482 bits per heavy atom. The van der Waals surface area contributed by atoms with Crippen LogP contribution in [0.1, 0.15) is 136 Å².